The third kappa shape index (κ3) is 5.50. The van der Waals surface area contributed by atoms with Crippen LogP contribution in [0.1, 0.15) is 5.56 Å². The van der Waals surface area contributed by atoms with Crippen LogP contribution in [0.15, 0.2) is 87.1 Å². The van der Waals surface area contributed by atoms with Crippen LogP contribution in [-0.4, -0.2) is 61.6 Å². The van der Waals surface area contributed by atoms with E-state index in [1.54, 1.807) is 16.8 Å². The number of nitro benzene ring substituents is 1. The third-order valence-electron chi connectivity index (χ3n) is 6.46. The van der Waals surface area contributed by atoms with E-state index in [2.05, 4.69) is 5.10 Å². The van der Waals surface area contributed by atoms with Gasteiger partial charge in [0.05, 0.1) is 52.3 Å². The van der Waals surface area contributed by atoms with Crippen molar-refractivity contribution >= 4 is 38.9 Å². The first kappa shape index (κ1) is 26.8. The van der Waals surface area contributed by atoms with Gasteiger partial charge in [-0.1, -0.05) is 30.3 Å². The van der Waals surface area contributed by atoms with Gasteiger partial charge in [0.25, 0.3) is 5.69 Å². The summed E-state index contributed by atoms with van der Waals surface area (Å²) in [5.74, 6) is 0.699. The van der Waals surface area contributed by atoms with Crippen molar-refractivity contribution in [2.24, 2.45) is 10.1 Å². The van der Waals surface area contributed by atoms with Gasteiger partial charge in [-0.15, -0.1) is 11.3 Å². The summed E-state index contributed by atoms with van der Waals surface area (Å²) in [7, 11) is -3.64. The maximum atomic E-state index is 13.0. The second-order valence-electron chi connectivity index (χ2n) is 8.97. The van der Waals surface area contributed by atoms with Gasteiger partial charge in [-0.3, -0.25) is 10.1 Å². The molecule has 210 valence electrons. The fourth-order valence-corrected chi connectivity index (χ4v) is 6.63. The fraction of sp³-hybridized carbons (Fsp3) is 0.185. The van der Waals surface area contributed by atoms with Crippen LogP contribution in [0.2, 0.25) is 0 Å². The number of morpholine rings is 1. The summed E-state index contributed by atoms with van der Waals surface area (Å²) in [6.45, 7) is 1.34. The lowest BCUT2D eigenvalue weighted by Crippen LogP contribution is -2.40. The van der Waals surface area contributed by atoms with Crippen LogP contribution in [0.4, 0.5) is 11.4 Å². The summed E-state index contributed by atoms with van der Waals surface area (Å²) in [5.41, 5.74) is 2.17. The molecule has 1 fully saturated rings. The molecule has 0 aliphatic carbocycles. The number of aromatic nitrogens is 1. The number of thiazole rings is 1. The van der Waals surface area contributed by atoms with Gasteiger partial charge in [-0.05, 0) is 30.3 Å². The predicted octanol–water partition coefficient (Wildman–Crippen LogP) is 3.99. The molecule has 0 bridgehead atoms. The zero-order valence-electron chi connectivity index (χ0n) is 21.5. The quantitative estimate of drug-likeness (QED) is 0.179. The van der Waals surface area contributed by atoms with Crippen LogP contribution in [0.3, 0.4) is 0 Å². The predicted molar refractivity (Wildman–Crippen MR) is 151 cm³/mol. The van der Waals surface area contributed by atoms with Crippen molar-refractivity contribution in [3.05, 3.63) is 92.6 Å². The van der Waals surface area contributed by atoms with E-state index in [9.17, 15) is 18.5 Å². The van der Waals surface area contributed by atoms with Gasteiger partial charge in [-0.25, -0.2) is 18.1 Å². The van der Waals surface area contributed by atoms with Crippen molar-refractivity contribution < 1.29 is 27.6 Å². The summed E-state index contributed by atoms with van der Waals surface area (Å²) >= 11 is 1.33. The Hall–Kier alpha value is -4.37. The maximum absolute atomic E-state index is 13.0. The molecule has 0 saturated carbocycles. The number of rotatable bonds is 7. The molecule has 0 unspecified atom stereocenters. The molecule has 3 heterocycles. The van der Waals surface area contributed by atoms with E-state index in [-0.39, 0.29) is 22.9 Å². The highest BCUT2D eigenvalue weighted by Gasteiger charge is 2.26. The normalized spacial score (nSPS) is 16.0. The molecule has 3 aromatic carbocycles. The molecule has 0 atom stereocenters. The smallest absolute Gasteiger partial charge is 0.282 e. The third-order valence-corrected chi connectivity index (χ3v) is 9.18. The van der Waals surface area contributed by atoms with Crippen molar-refractivity contribution in [1.29, 1.82) is 0 Å². The van der Waals surface area contributed by atoms with Gasteiger partial charge >= 0.3 is 0 Å². The molecule has 14 heteroatoms. The molecule has 6 rings (SSSR count). The van der Waals surface area contributed by atoms with E-state index in [1.165, 1.54) is 46.1 Å². The van der Waals surface area contributed by atoms with Gasteiger partial charge in [-0.2, -0.15) is 9.41 Å². The lowest BCUT2D eigenvalue weighted by Gasteiger charge is -2.26. The van der Waals surface area contributed by atoms with Gasteiger partial charge in [0.1, 0.15) is 0 Å². The van der Waals surface area contributed by atoms with Crippen LogP contribution in [0, 0.1) is 10.1 Å². The number of ether oxygens (including phenoxy) is 3. The second-order valence-corrected chi connectivity index (χ2v) is 11.7. The van der Waals surface area contributed by atoms with Gasteiger partial charge in [0.15, 0.2) is 11.5 Å². The van der Waals surface area contributed by atoms with E-state index in [1.807, 2.05) is 35.7 Å². The first-order valence-corrected chi connectivity index (χ1v) is 14.8. The average Bonchev–Trinajstić information content (AvgIpc) is 3.63. The van der Waals surface area contributed by atoms with Crippen LogP contribution >= 0.6 is 11.3 Å². The largest absolute Gasteiger partial charge is 0.454 e. The number of benzene rings is 3. The zero-order valence-corrected chi connectivity index (χ0v) is 23.1. The highest BCUT2D eigenvalue weighted by molar-refractivity contribution is 7.89. The minimum Gasteiger partial charge on any atom is -0.454 e. The van der Waals surface area contributed by atoms with E-state index in [0.717, 1.165) is 11.3 Å². The Kier molecular flexibility index (Phi) is 7.36. The Morgan fingerprint density at radius 3 is 2.39 bits per heavy atom. The molecule has 41 heavy (non-hydrogen) atoms. The standard InChI is InChI=1S/C27H23N5O7S2/c33-32(34)23-15-26-25(38-18-39-26)14-20(23)16-28-31-24(19-4-2-1-3-5-19)17-40-27(31)29-21-6-8-22(9-7-21)41(35,36)30-10-12-37-13-11-30/h1-9,14-17H,10-13,18H2. The van der Waals surface area contributed by atoms with Crippen molar-refractivity contribution in [2.45, 2.75) is 4.90 Å². The Morgan fingerprint density at radius 2 is 1.68 bits per heavy atom. The first-order chi connectivity index (χ1) is 19.9. The molecular weight excluding hydrogens is 570 g/mol. The maximum Gasteiger partial charge on any atom is 0.282 e. The molecule has 2 aliphatic rings. The summed E-state index contributed by atoms with van der Waals surface area (Å²) < 4.78 is 44.9. The topological polar surface area (TPSA) is 138 Å². The molecule has 0 radical (unpaired) electrons. The van der Waals surface area contributed by atoms with Gasteiger partial charge in [0, 0.05) is 24.0 Å². The fourth-order valence-electron chi connectivity index (χ4n) is 4.36. The lowest BCUT2D eigenvalue weighted by molar-refractivity contribution is -0.385. The molecule has 12 nitrogen and oxygen atoms in total. The van der Waals surface area contributed by atoms with Gasteiger partial charge < -0.3 is 14.2 Å². The van der Waals surface area contributed by atoms with Crippen LogP contribution in [0.25, 0.3) is 11.3 Å². The van der Waals surface area contributed by atoms with Crippen LogP contribution in [-0.2, 0) is 14.8 Å². The summed E-state index contributed by atoms with van der Waals surface area (Å²) in [4.78, 5) is 16.6. The Bertz CT molecular complexity index is 1790. The van der Waals surface area contributed by atoms with E-state index in [0.29, 0.717) is 48.3 Å². The molecule has 0 N–H and O–H groups in total. The zero-order chi connectivity index (χ0) is 28.4. The number of hydrogen-bond acceptors (Lipinski definition) is 10. The number of nitro groups is 1. The number of hydrogen-bond donors (Lipinski definition) is 0. The van der Waals surface area contributed by atoms with Crippen molar-refractivity contribution in [2.75, 3.05) is 33.1 Å². The molecule has 4 aromatic rings. The monoisotopic (exact) mass is 593 g/mol. The number of nitrogens with zero attached hydrogens (tertiary/aromatic N) is 5. The molecule has 2 aliphatic heterocycles. The van der Waals surface area contributed by atoms with Crippen molar-refractivity contribution in [1.82, 2.24) is 8.98 Å². The highest BCUT2D eigenvalue weighted by Crippen LogP contribution is 2.37. The van der Waals surface area contributed by atoms with E-state index < -0.39 is 14.9 Å². The van der Waals surface area contributed by atoms with E-state index in [4.69, 9.17) is 19.2 Å². The number of sulfonamides is 1. The number of fused-ring (bicyclic) bond motifs is 1. The van der Waals surface area contributed by atoms with Crippen molar-refractivity contribution in [3.63, 3.8) is 0 Å². The first-order valence-electron chi connectivity index (χ1n) is 12.5. The molecular formula is C27H23N5O7S2. The lowest BCUT2D eigenvalue weighted by atomic mass is 10.1. The molecule has 0 amide bonds. The summed E-state index contributed by atoms with van der Waals surface area (Å²) in [5, 5.41) is 18.2. The SMILES string of the molecule is O=[N+]([O-])c1cc2c(cc1C=Nn1c(-c3ccccc3)csc1=Nc1ccc(S(=O)(=O)N3CCOCC3)cc1)OCO2. The summed E-state index contributed by atoms with van der Waals surface area (Å²) in [6.07, 6.45) is 1.39. The van der Waals surface area contributed by atoms with Crippen molar-refractivity contribution in [3.8, 4) is 22.8 Å². The Labute approximate surface area is 238 Å². The Morgan fingerprint density at radius 1 is 0.976 bits per heavy atom. The summed E-state index contributed by atoms with van der Waals surface area (Å²) in [6, 6.07) is 18.7. The molecule has 1 saturated heterocycles. The molecule has 0 spiro atoms. The minimum absolute atomic E-state index is 0.0138. The van der Waals surface area contributed by atoms with Gasteiger partial charge in [0.2, 0.25) is 21.6 Å². The Balaban J connectivity index is 1.39. The molecule has 1 aromatic heterocycles. The van der Waals surface area contributed by atoms with Crippen LogP contribution < -0.4 is 14.3 Å². The average molecular weight is 594 g/mol. The minimum atomic E-state index is -3.64. The van der Waals surface area contributed by atoms with Crippen LogP contribution in [0.5, 0.6) is 11.5 Å². The van der Waals surface area contributed by atoms with E-state index >= 15 is 0 Å². The highest BCUT2D eigenvalue weighted by atomic mass is 32.2. The second kappa shape index (κ2) is 11.2.